The van der Waals surface area contributed by atoms with Crippen LogP contribution in [0.25, 0.3) is 0 Å². The zero-order chi connectivity index (χ0) is 10.7. The van der Waals surface area contributed by atoms with Gasteiger partial charge in [0.05, 0.1) is 16.1 Å². The zero-order valence-electron chi connectivity index (χ0n) is 6.97. The number of rotatable bonds is 2. The summed E-state index contributed by atoms with van der Waals surface area (Å²) in [4.78, 5) is 3.56. The first-order valence-electron chi connectivity index (χ1n) is 3.66. The van der Waals surface area contributed by atoms with Gasteiger partial charge >= 0.3 is 0 Å². The summed E-state index contributed by atoms with van der Waals surface area (Å²) in [7, 11) is 0. The molecule has 0 bridgehead atoms. The van der Waals surface area contributed by atoms with Crippen LogP contribution in [-0.4, -0.2) is 4.98 Å². The number of nitriles is 1. The first-order chi connectivity index (χ1) is 6.56. The highest BCUT2D eigenvalue weighted by Gasteiger charge is 2.16. The van der Waals surface area contributed by atoms with E-state index in [1.807, 2.05) is 28.7 Å². The molecule has 2 N–H and O–H groups in total. The molecule has 1 aromatic rings. The minimum Gasteiger partial charge on any atom is -0.383 e. The van der Waals surface area contributed by atoms with Gasteiger partial charge in [-0.25, -0.2) is 13.8 Å². The Kier molecular flexibility index (Phi) is 3.57. The van der Waals surface area contributed by atoms with Crippen molar-refractivity contribution in [2.24, 2.45) is 0 Å². The molecule has 0 radical (unpaired) electrons. The molecule has 0 aliphatic rings. The number of nitrogen functional groups attached to an aromatic ring is 1. The van der Waals surface area contributed by atoms with Gasteiger partial charge in [0.25, 0.3) is 6.43 Å². The maximum atomic E-state index is 12.4. The van der Waals surface area contributed by atoms with Crippen molar-refractivity contribution < 1.29 is 8.78 Å². The van der Waals surface area contributed by atoms with Crippen LogP contribution >= 0.6 is 22.6 Å². The van der Waals surface area contributed by atoms with Crippen molar-refractivity contribution in [3.8, 4) is 6.07 Å². The van der Waals surface area contributed by atoms with Gasteiger partial charge in [0.15, 0.2) is 0 Å². The Morgan fingerprint density at radius 3 is 2.79 bits per heavy atom. The van der Waals surface area contributed by atoms with E-state index >= 15 is 0 Å². The number of nitrogens with zero attached hydrogens (tertiary/aromatic N) is 2. The van der Waals surface area contributed by atoms with Gasteiger partial charge in [-0.3, -0.25) is 0 Å². The summed E-state index contributed by atoms with van der Waals surface area (Å²) in [6.07, 6.45) is -2.78. The van der Waals surface area contributed by atoms with Gasteiger partial charge in [-0.15, -0.1) is 0 Å². The van der Waals surface area contributed by atoms with Crippen molar-refractivity contribution in [1.29, 1.82) is 5.26 Å². The fourth-order valence-corrected chi connectivity index (χ4v) is 1.47. The minimum atomic E-state index is -2.70. The molecule has 14 heavy (non-hydrogen) atoms. The molecule has 0 aromatic carbocycles. The van der Waals surface area contributed by atoms with Gasteiger partial charge in [0, 0.05) is 0 Å². The summed E-state index contributed by atoms with van der Waals surface area (Å²) in [5, 5.41) is 8.43. The smallest absolute Gasteiger partial charge is 0.280 e. The van der Waals surface area contributed by atoms with E-state index in [4.69, 9.17) is 11.0 Å². The van der Waals surface area contributed by atoms with Crippen molar-refractivity contribution in [3.05, 3.63) is 20.9 Å². The number of anilines is 1. The second-order valence-electron chi connectivity index (χ2n) is 2.54. The molecule has 0 spiro atoms. The Morgan fingerprint density at radius 1 is 1.64 bits per heavy atom. The summed E-state index contributed by atoms with van der Waals surface area (Å²) in [6.45, 7) is 0. The summed E-state index contributed by atoms with van der Waals surface area (Å²) >= 11 is 1.89. The van der Waals surface area contributed by atoms with Gasteiger partial charge in [0.2, 0.25) is 0 Å². The molecule has 0 aliphatic heterocycles. The lowest BCUT2D eigenvalue weighted by Gasteiger charge is -2.07. The predicted molar refractivity (Wildman–Crippen MR) is 55.6 cm³/mol. The van der Waals surface area contributed by atoms with E-state index in [0.717, 1.165) is 0 Å². The van der Waals surface area contributed by atoms with Crippen molar-refractivity contribution in [2.45, 2.75) is 12.8 Å². The molecule has 0 atom stereocenters. The van der Waals surface area contributed by atoms with Crippen molar-refractivity contribution in [1.82, 2.24) is 4.98 Å². The molecule has 1 rings (SSSR count). The van der Waals surface area contributed by atoms with Crippen LogP contribution < -0.4 is 5.73 Å². The van der Waals surface area contributed by atoms with Gasteiger partial charge in [0.1, 0.15) is 11.5 Å². The van der Waals surface area contributed by atoms with Gasteiger partial charge < -0.3 is 5.73 Å². The lowest BCUT2D eigenvalue weighted by Crippen LogP contribution is -2.04. The van der Waals surface area contributed by atoms with Crippen LogP contribution in [-0.2, 0) is 6.42 Å². The fraction of sp³-hybridized carbons (Fsp3) is 0.250. The molecule has 0 amide bonds. The van der Waals surface area contributed by atoms with Crippen LogP contribution in [0.1, 0.15) is 17.7 Å². The fourth-order valence-electron chi connectivity index (χ4n) is 0.972. The Bertz CT molecular complexity index is 387. The van der Waals surface area contributed by atoms with Gasteiger partial charge in [-0.1, -0.05) is 0 Å². The van der Waals surface area contributed by atoms with E-state index in [9.17, 15) is 8.78 Å². The molecule has 0 unspecified atom stereocenters. The summed E-state index contributed by atoms with van der Waals surface area (Å²) in [5.41, 5.74) is 5.23. The summed E-state index contributed by atoms with van der Waals surface area (Å²) in [6, 6.07) is 3.27. The SMILES string of the molecule is N#CCc1cc(I)c(N)nc1C(F)F. The number of hydrogen-bond acceptors (Lipinski definition) is 3. The van der Waals surface area contributed by atoms with Crippen LogP contribution in [0.5, 0.6) is 0 Å². The lowest BCUT2D eigenvalue weighted by molar-refractivity contribution is 0.145. The molecule has 0 saturated heterocycles. The number of nitrogens with two attached hydrogens (primary N) is 1. The van der Waals surface area contributed by atoms with Gasteiger partial charge in [-0.2, -0.15) is 5.26 Å². The monoisotopic (exact) mass is 309 g/mol. The van der Waals surface area contributed by atoms with Crippen molar-refractivity contribution in [3.63, 3.8) is 0 Å². The van der Waals surface area contributed by atoms with E-state index in [0.29, 0.717) is 3.57 Å². The highest BCUT2D eigenvalue weighted by atomic mass is 127. The third-order valence-corrected chi connectivity index (χ3v) is 2.46. The Morgan fingerprint density at radius 2 is 2.29 bits per heavy atom. The average Bonchev–Trinajstić information content (AvgIpc) is 2.11. The molecule has 3 nitrogen and oxygen atoms in total. The second-order valence-corrected chi connectivity index (χ2v) is 3.70. The maximum absolute atomic E-state index is 12.4. The van der Waals surface area contributed by atoms with Crippen molar-refractivity contribution in [2.75, 3.05) is 5.73 Å². The van der Waals surface area contributed by atoms with E-state index in [1.54, 1.807) is 0 Å². The third-order valence-electron chi connectivity index (χ3n) is 1.59. The second kappa shape index (κ2) is 4.50. The number of aromatic nitrogens is 1. The first-order valence-corrected chi connectivity index (χ1v) is 4.74. The summed E-state index contributed by atoms with van der Waals surface area (Å²) in [5.74, 6) is 0.0718. The Balaban J connectivity index is 3.25. The van der Waals surface area contributed by atoms with Crippen LogP contribution in [0.4, 0.5) is 14.6 Å². The van der Waals surface area contributed by atoms with E-state index < -0.39 is 12.1 Å². The topological polar surface area (TPSA) is 62.7 Å². The Hall–Kier alpha value is -0.970. The molecule has 0 fully saturated rings. The van der Waals surface area contributed by atoms with Crippen molar-refractivity contribution >= 4 is 28.4 Å². The minimum absolute atomic E-state index is 0.0718. The molecule has 0 saturated carbocycles. The summed E-state index contributed by atoms with van der Waals surface area (Å²) < 4.78 is 25.4. The normalized spacial score (nSPS) is 10.2. The van der Waals surface area contributed by atoms with Gasteiger partial charge in [-0.05, 0) is 34.2 Å². The highest BCUT2D eigenvalue weighted by Crippen LogP contribution is 2.25. The third kappa shape index (κ3) is 2.29. The standard InChI is InChI=1S/C8H6F2IN3/c9-7(10)6-4(1-2-12)3-5(11)8(13)14-6/h3,7H,1H2,(H2,13,14). The first kappa shape index (κ1) is 11.1. The van der Waals surface area contributed by atoms with Crippen LogP contribution in [0.2, 0.25) is 0 Å². The molecular weight excluding hydrogens is 303 g/mol. The maximum Gasteiger partial charge on any atom is 0.280 e. The lowest BCUT2D eigenvalue weighted by atomic mass is 10.1. The highest BCUT2D eigenvalue weighted by molar-refractivity contribution is 14.1. The van der Waals surface area contributed by atoms with Crippen LogP contribution in [0.3, 0.4) is 0 Å². The van der Waals surface area contributed by atoms with E-state index in [1.165, 1.54) is 6.07 Å². The number of hydrogen-bond donors (Lipinski definition) is 1. The number of halogens is 3. The molecule has 1 heterocycles. The van der Waals surface area contributed by atoms with E-state index in [-0.39, 0.29) is 17.8 Å². The molecule has 0 aliphatic carbocycles. The largest absolute Gasteiger partial charge is 0.383 e. The molecule has 6 heteroatoms. The quantitative estimate of drug-likeness (QED) is 0.853. The molecule has 1 aromatic heterocycles. The van der Waals surface area contributed by atoms with Crippen LogP contribution in [0.15, 0.2) is 6.07 Å². The molecular formula is C8H6F2IN3. The van der Waals surface area contributed by atoms with E-state index in [2.05, 4.69) is 4.98 Å². The number of alkyl halides is 2. The average molecular weight is 309 g/mol. The number of pyridine rings is 1. The van der Waals surface area contributed by atoms with Crippen LogP contribution in [0, 0.1) is 14.9 Å². The zero-order valence-corrected chi connectivity index (χ0v) is 9.12. The Labute approximate surface area is 93.1 Å². The predicted octanol–water partition coefficient (Wildman–Crippen LogP) is 2.27. The molecule has 74 valence electrons.